The summed E-state index contributed by atoms with van der Waals surface area (Å²) in [5.41, 5.74) is 0.356. The van der Waals surface area contributed by atoms with E-state index in [1.807, 2.05) is 0 Å². The van der Waals surface area contributed by atoms with Crippen molar-refractivity contribution in [1.29, 1.82) is 0 Å². The molecule has 0 saturated heterocycles. The average molecular weight is 242 g/mol. The van der Waals surface area contributed by atoms with E-state index in [0.717, 1.165) is 0 Å². The van der Waals surface area contributed by atoms with Crippen LogP contribution in [0.15, 0.2) is 18.2 Å². The van der Waals surface area contributed by atoms with Gasteiger partial charge in [0.05, 0.1) is 26.2 Å². The van der Waals surface area contributed by atoms with E-state index in [4.69, 9.17) is 4.74 Å². The van der Waals surface area contributed by atoms with Crippen LogP contribution < -0.4 is 4.74 Å². The van der Waals surface area contributed by atoms with Gasteiger partial charge in [-0.05, 0) is 25.1 Å². The SMILES string of the molecule is COC(=O)CCOc1ccc(F)cc1C(C)O. The fourth-order valence-corrected chi connectivity index (χ4v) is 1.32. The molecule has 0 aliphatic rings. The van der Waals surface area contributed by atoms with Gasteiger partial charge in [0, 0.05) is 5.56 Å². The van der Waals surface area contributed by atoms with E-state index in [1.54, 1.807) is 0 Å². The van der Waals surface area contributed by atoms with Gasteiger partial charge in [-0.1, -0.05) is 0 Å². The van der Waals surface area contributed by atoms with Gasteiger partial charge in [0.25, 0.3) is 0 Å². The van der Waals surface area contributed by atoms with Crippen molar-refractivity contribution in [2.45, 2.75) is 19.4 Å². The maximum Gasteiger partial charge on any atom is 0.308 e. The van der Waals surface area contributed by atoms with Gasteiger partial charge in [0.15, 0.2) is 0 Å². The van der Waals surface area contributed by atoms with Crippen molar-refractivity contribution in [1.82, 2.24) is 0 Å². The zero-order valence-electron chi connectivity index (χ0n) is 9.77. The first-order valence-electron chi connectivity index (χ1n) is 5.21. The molecule has 1 aromatic rings. The number of aliphatic hydroxyl groups excluding tert-OH is 1. The molecule has 0 radical (unpaired) electrons. The minimum atomic E-state index is -0.834. The standard InChI is InChI=1S/C12H15FO4/c1-8(14)10-7-9(13)3-4-11(10)17-6-5-12(15)16-2/h3-4,7-8,14H,5-6H2,1-2H3. The van der Waals surface area contributed by atoms with Gasteiger partial charge in [0.2, 0.25) is 0 Å². The third kappa shape index (κ3) is 4.03. The minimum absolute atomic E-state index is 0.104. The first-order chi connectivity index (χ1) is 8.04. The van der Waals surface area contributed by atoms with Crippen LogP contribution in [0.2, 0.25) is 0 Å². The molecule has 0 aliphatic heterocycles. The fourth-order valence-electron chi connectivity index (χ4n) is 1.32. The molecular formula is C12H15FO4. The van der Waals surface area contributed by atoms with Crippen molar-refractivity contribution in [2.75, 3.05) is 13.7 Å². The van der Waals surface area contributed by atoms with Crippen molar-refractivity contribution in [3.8, 4) is 5.75 Å². The molecule has 1 N–H and O–H groups in total. The summed E-state index contributed by atoms with van der Waals surface area (Å²) >= 11 is 0. The molecule has 17 heavy (non-hydrogen) atoms. The summed E-state index contributed by atoms with van der Waals surface area (Å²) in [5, 5.41) is 9.45. The molecule has 0 fully saturated rings. The molecule has 0 amide bonds. The fraction of sp³-hybridized carbons (Fsp3) is 0.417. The summed E-state index contributed by atoms with van der Waals surface area (Å²) in [4.78, 5) is 10.9. The molecule has 1 rings (SSSR count). The molecule has 1 unspecified atom stereocenters. The first-order valence-corrected chi connectivity index (χ1v) is 5.21. The molecule has 0 saturated carbocycles. The number of aliphatic hydroxyl groups is 1. The lowest BCUT2D eigenvalue weighted by Gasteiger charge is -2.13. The van der Waals surface area contributed by atoms with Crippen molar-refractivity contribution >= 4 is 5.97 Å². The zero-order valence-corrected chi connectivity index (χ0v) is 9.77. The molecular weight excluding hydrogens is 227 g/mol. The van der Waals surface area contributed by atoms with Gasteiger partial charge in [-0.2, -0.15) is 0 Å². The number of hydrogen-bond acceptors (Lipinski definition) is 4. The maximum absolute atomic E-state index is 13.0. The number of halogens is 1. The van der Waals surface area contributed by atoms with Crippen LogP contribution in [0, 0.1) is 5.82 Å². The third-order valence-corrected chi connectivity index (χ3v) is 2.21. The Bertz CT molecular complexity index is 390. The topological polar surface area (TPSA) is 55.8 Å². The molecule has 4 nitrogen and oxygen atoms in total. The largest absolute Gasteiger partial charge is 0.493 e. The van der Waals surface area contributed by atoms with Gasteiger partial charge >= 0.3 is 5.97 Å². The Balaban J connectivity index is 2.67. The van der Waals surface area contributed by atoms with Crippen molar-refractivity contribution in [3.05, 3.63) is 29.6 Å². The highest BCUT2D eigenvalue weighted by molar-refractivity contribution is 5.69. The van der Waals surface area contributed by atoms with Gasteiger partial charge in [-0.25, -0.2) is 4.39 Å². The normalized spacial score (nSPS) is 12.0. The van der Waals surface area contributed by atoms with E-state index in [2.05, 4.69) is 4.74 Å². The number of esters is 1. The predicted molar refractivity (Wildman–Crippen MR) is 59.2 cm³/mol. The molecule has 0 heterocycles. The van der Waals surface area contributed by atoms with E-state index in [9.17, 15) is 14.3 Å². The van der Waals surface area contributed by atoms with E-state index in [-0.39, 0.29) is 19.0 Å². The first kappa shape index (κ1) is 13.4. The Morgan fingerprint density at radius 2 is 2.24 bits per heavy atom. The van der Waals surface area contributed by atoms with Crippen LogP contribution in [-0.4, -0.2) is 24.8 Å². The summed E-state index contributed by atoms with van der Waals surface area (Å²) in [6.45, 7) is 1.64. The van der Waals surface area contributed by atoms with E-state index >= 15 is 0 Å². The van der Waals surface area contributed by atoms with E-state index in [1.165, 1.54) is 32.2 Å². The molecule has 0 aromatic heterocycles. The van der Waals surface area contributed by atoms with Gasteiger partial charge in [0.1, 0.15) is 11.6 Å². The maximum atomic E-state index is 13.0. The van der Waals surface area contributed by atoms with Crippen LogP contribution in [0.5, 0.6) is 5.75 Å². The van der Waals surface area contributed by atoms with Crippen molar-refractivity contribution in [3.63, 3.8) is 0 Å². The lowest BCUT2D eigenvalue weighted by atomic mass is 10.1. The monoisotopic (exact) mass is 242 g/mol. The molecule has 1 atom stereocenters. The van der Waals surface area contributed by atoms with Crippen molar-refractivity contribution < 1.29 is 23.8 Å². The predicted octanol–water partition coefficient (Wildman–Crippen LogP) is 1.82. The summed E-state index contributed by atoms with van der Waals surface area (Å²) in [6, 6.07) is 3.87. The average Bonchev–Trinajstić information content (AvgIpc) is 2.30. The van der Waals surface area contributed by atoms with Crippen LogP contribution in [0.1, 0.15) is 25.0 Å². The van der Waals surface area contributed by atoms with Crippen LogP contribution in [-0.2, 0) is 9.53 Å². The highest BCUT2D eigenvalue weighted by Crippen LogP contribution is 2.25. The Morgan fingerprint density at radius 1 is 1.53 bits per heavy atom. The Hall–Kier alpha value is -1.62. The molecule has 0 spiro atoms. The molecule has 0 aliphatic carbocycles. The Morgan fingerprint density at radius 3 is 2.82 bits per heavy atom. The van der Waals surface area contributed by atoms with Crippen LogP contribution in [0.25, 0.3) is 0 Å². The number of carbonyl (C=O) groups excluding carboxylic acids is 1. The highest BCUT2D eigenvalue weighted by Gasteiger charge is 2.11. The number of methoxy groups -OCH3 is 1. The molecule has 0 bridgehead atoms. The number of carbonyl (C=O) groups is 1. The second-order valence-electron chi connectivity index (χ2n) is 3.53. The summed E-state index contributed by atoms with van der Waals surface area (Å²) in [6.07, 6.45) is -0.730. The second-order valence-corrected chi connectivity index (χ2v) is 3.53. The lowest BCUT2D eigenvalue weighted by Crippen LogP contribution is -2.09. The van der Waals surface area contributed by atoms with Crippen LogP contribution >= 0.6 is 0 Å². The Labute approximate surface area is 99.0 Å². The van der Waals surface area contributed by atoms with Crippen LogP contribution in [0.3, 0.4) is 0 Å². The third-order valence-electron chi connectivity index (χ3n) is 2.21. The second kappa shape index (κ2) is 6.20. The lowest BCUT2D eigenvalue weighted by molar-refractivity contribution is -0.141. The summed E-state index contributed by atoms with van der Waals surface area (Å²) in [5.74, 6) is -0.461. The van der Waals surface area contributed by atoms with Gasteiger partial charge in [-0.3, -0.25) is 4.79 Å². The molecule has 5 heteroatoms. The van der Waals surface area contributed by atoms with Crippen molar-refractivity contribution in [2.24, 2.45) is 0 Å². The smallest absolute Gasteiger partial charge is 0.308 e. The number of benzene rings is 1. The summed E-state index contributed by atoms with van der Waals surface area (Å²) < 4.78 is 22.7. The van der Waals surface area contributed by atoms with E-state index < -0.39 is 11.9 Å². The molecule has 1 aromatic carbocycles. The Kier molecular flexibility index (Phi) is 4.90. The number of ether oxygens (including phenoxy) is 2. The summed E-state index contributed by atoms with van der Waals surface area (Å²) in [7, 11) is 1.29. The highest BCUT2D eigenvalue weighted by atomic mass is 19.1. The van der Waals surface area contributed by atoms with Crippen LogP contribution in [0.4, 0.5) is 4.39 Å². The van der Waals surface area contributed by atoms with Gasteiger partial charge in [-0.15, -0.1) is 0 Å². The minimum Gasteiger partial charge on any atom is -0.493 e. The quantitative estimate of drug-likeness (QED) is 0.800. The molecule has 94 valence electrons. The zero-order chi connectivity index (χ0) is 12.8. The number of hydrogen-bond donors (Lipinski definition) is 1. The van der Waals surface area contributed by atoms with Gasteiger partial charge < -0.3 is 14.6 Å². The number of rotatable bonds is 5. The van der Waals surface area contributed by atoms with E-state index in [0.29, 0.717) is 11.3 Å².